The van der Waals surface area contributed by atoms with Crippen LogP contribution in [0.2, 0.25) is 0 Å². The summed E-state index contributed by atoms with van der Waals surface area (Å²) >= 11 is 0. The first-order chi connectivity index (χ1) is 10.0. The lowest BCUT2D eigenvalue weighted by Gasteiger charge is -2.19. The van der Waals surface area contributed by atoms with Gasteiger partial charge in [0, 0.05) is 0 Å². The van der Waals surface area contributed by atoms with E-state index in [0.717, 1.165) is 11.0 Å². The molecular weight excluding hydrogens is 280 g/mol. The Morgan fingerprint density at radius 3 is 2.76 bits per heavy atom. The number of fused-ring (bicyclic) bond motifs is 1. The van der Waals surface area contributed by atoms with E-state index in [4.69, 9.17) is 5.11 Å². The molecule has 0 saturated heterocycles. The normalized spacial score (nSPS) is 11.7. The summed E-state index contributed by atoms with van der Waals surface area (Å²) in [4.78, 5) is 16.7. The number of benzene rings is 1. The highest BCUT2D eigenvalue weighted by Crippen LogP contribution is 2.23. The summed E-state index contributed by atoms with van der Waals surface area (Å²) in [6, 6.07) is 6.65. The van der Waals surface area contributed by atoms with Crippen LogP contribution in [0.3, 0.4) is 0 Å². The van der Waals surface area contributed by atoms with Crippen LogP contribution in [-0.4, -0.2) is 38.6 Å². The van der Waals surface area contributed by atoms with Crippen LogP contribution in [0.1, 0.15) is 25.7 Å². The minimum Gasteiger partial charge on any atom is -0.480 e. The summed E-state index contributed by atoms with van der Waals surface area (Å²) in [5, 5.41) is 8.89. The molecule has 0 bridgehead atoms. The van der Waals surface area contributed by atoms with Gasteiger partial charge in [-0.25, -0.2) is 4.98 Å². The molecular formula is C14H17F2N3O2. The summed E-state index contributed by atoms with van der Waals surface area (Å²) < 4.78 is 27.4. The van der Waals surface area contributed by atoms with Crippen molar-refractivity contribution in [3.8, 4) is 0 Å². The van der Waals surface area contributed by atoms with E-state index < -0.39 is 12.5 Å². The first-order valence-electron chi connectivity index (χ1n) is 6.71. The number of rotatable bonds is 7. The summed E-state index contributed by atoms with van der Waals surface area (Å²) in [7, 11) is 0. The molecule has 114 valence electrons. The smallest absolute Gasteiger partial charge is 0.320 e. The lowest BCUT2D eigenvalue weighted by atomic mass is 10.3. The van der Waals surface area contributed by atoms with Crippen molar-refractivity contribution in [2.45, 2.75) is 26.4 Å². The fourth-order valence-corrected chi connectivity index (χ4v) is 2.35. The third-order valence-electron chi connectivity index (χ3n) is 3.13. The second kappa shape index (κ2) is 6.62. The molecule has 0 aliphatic carbocycles. The molecule has 0 fully saturated rings. The van der Waals surface area contributed by atoms with Crippen LogP contribution < -0.4 is 0 Å². The lowest BCUT2D eigenvalue weighted by molar-refractivity contribution is -0.138. The minimum atomic E-state index is -2.71. The van der Waals surface area contributed by atoms with E-state index in [1.807, 2.05) is 6.92 Å². The highest BCUT2D eigenvalue weighted by Gasteiger charge is 2.20. The van der Waals surface area contributed by atoms with Gasteiger partial charge < -0.3 is 5.11 Å². The standard InChI is InChI=1S/C14H17F2N3O2/c1-2-7-18(9-13(20)21)8-12-17-10-5-3-4-6-11(10)19(12)14(15)16/h3-6,14H,2,7-9H2,1H3,(H,20,21). The summed E-state index contributed by atoms with van der Waals surface area (Å²) in [5.74, 6) is -0.802. The number of aliphatic carboxylic acids is 1. The van der Waals surface area contributed by atoms with Gasteiger partial charge in [-0.1, -0.05) is 19.1 Å². The van der Waals surface area contributed by atoms with Crippen LogP contribution in [0.4, 0.5) is 8.78 Å². The molecule has 0 atom stereocenters. The first kappa shape index (κ1) is 15.4. The Balaban J connectivity index is 2.35. The second-order valence-corrected chi connectivity index (χ2v) is 4.77. The lowest BCUT2D eigenvalue weighted by Crippen LogP contribution is -2.31. The molecule has 7 heteroatoms. The van der Waals surface area contributed by atoms with Gasteiger partial charge in [0.2, 0.25) is 0 Å². The van der Waals surface area contributed by atoms with Crippen molar-refractivity contribution < 1.29 is 18.7 Å². The van der Waals surface area contributed by atoms with E-state index in [0.29, 0.717) is 17.6 Å². The van der Waals surface area contributed by atoms with Crippen molar-refractivity contribution in [1.82, 2.24) is 14.5 Å². The quantitative estimate of drug-likeness (QED) is 0.853. The van der Waals surface area contributed by atoms with Crippen molar-refractivity contribution in [1.29, 1.82) is 0 Å². The number of imidazole rings is 1. The maximum Gasteiger partial charge on any atom is 0.320 e. The number of aromatic nitrogens is 2. The summed E-state index contributed by atoms with van der Waals surface area (Å²) in [5.41, 5.74) is 0.842. The number of alkyl halides is 2. The Bertz CT molecular complexity index is 628. The van der Waals surface area contributed by atoms with Crippen LogP contribution >= 0.6 is 0 Å². The molecule has 1 heterocycles. The topological polar surface area (TPSA) is 58.4 Å². The molecule has 0 saturated carbocycles. The largest absolute Gasteiger partial charge is 0.480 e. The zero-order chi connectivity index (χ0) is 15.4. The molecule has 0 amide bonds. The number of carboxylic acid groups (broad SMARTS) is 1. The second-order valence-electron chi connectivity index (χ2n) is 4.77. The third kappa shape index (κ3) is 3.55. The van der Waals surface area contributed by atoms with Gasteiger partial charge in [0.05, 0.1) is 24.1 Å². The van der Waals surface area contributed by atoms with Crippen molar-refractivity contribution in [2.24, 2.45) is 0 Å². The van der Waals surface area contributed by atoms with Crippen molar-refractivity contribution in [3.63, 3.8) is 0 Å². The first-order valence-corrected chi connectivity index (χ1v) is 6.71. The van der Waals surface area contributed by atoms with Gasteiger partial charge in [0.1, 0.15) is 5.82 Å². The van der Waals surface area contributed by atoms with Gasteiger partial charge >= 0.3 is 12.5 Å². The fourth-order valence-electron chi connectivity index (χ4n) is 2.35. The van der Waals surface area contributed by atoms with E-state index in [-0.39, 0.29) is 18.9 Å². The third-order valence-corrected chi connectivity index (χ3v) is 3.13. The van der Waals surface area contributed by atoms with Crippen LogP contribution in [0.15, 0.2) is 24.3 Å². The molecule has 2 rings (SSSR count). The predicted octanol–water partition coefficient (Wildman–Crippen LogP) is 2.73. The van der Waals surface area contributed by atoms with Crippen molar-refractivity contribution in [3.05, 3.63) is 30.1 Å². The van der Waals surface area contributed by atoms with E-state index in [2.05, 4.69) is 4.98 Å². The fraction of sp³-hybridized carbons (Fsp3) is 0.429. The van der Waals surface area contributed by atoms with E-state index in [1.165, 1.54) is 0 Å². The van der Waals surface area contributed by atoms with Gasteiger partial charge in [-0.15, -0.1) is 0 Å². The van der Waals surface area contributed by atoms with Gasteiger partial charge in [0.25, 0.3) is 0 Å². The van der Waals surface area contributed by atoms with Crippen LogP contribution in [0.5, 0.6) is 0 Å². The monoisotopic (exact) mass is 297 g/mol. The Morgan fingerprint density at radius 1 is 1.43 bits per heavy atom. The predicted molar refractivity (Wildman–Crippen MR) is 74.2 cm³/mol. The zero-order valence-electron chi connectivity index (χ0n) is 11.7. The maximum absolute atomic E-state index is 13.3. The molecule has 0 spiro atoms. The average Bonchev–Trinajstić information content (AvgIpc) is 2.75. The minimum absolute atomic E-state index is 0.0825. The number of hydrogen-bond donors (Lipinski definition) is 1. The molecule has 1 N–H and O–H groups in total. The van der Waals surface area contributed by atoms with Gasteiger partial charge in [-0.05, 0) is 25.1 Å². The number of hydrogen-bond acceptors (Lipinski definition) is 3. The van der Waals surface area contributed by atoms with E-state index in [9.17, 15) is 13.6 Å². The Hall–Kier alpha value is -2.02. The molecule has 1 aromatic carbocycles. The SMILES string of the molecule is CCCN(CC(=O)O)Cc1nc2ccccc2n1C(F)F. The summed E-state index contributed by atoms with van der Waals surface area (Å²) in [6.45, 7) is -0.399. The molecule has 2 aromatic rings. The van der Waals surface area contributed by atoms with E-state index in [1.54, 1.807) is 29.2 Å². The Labute approximate surface area is 120 Å². The van der Waals surface area contributed by atoms with Crippen LogP contribution in [0.25, 0.3) is 11.0 Å². The molecule has 1 aromatic heterocycles. The molecule has 21 heavy (non-hydrogen) atoms. The van der Waals surface area contributed by atoms with Gasteiger partial charge in [-0.2, -0.15) is 8.78 Å². The number of nitrogens with zero attached hydrogens (tertiary/aromatic N) is 3. The molecule has 0 aliphatic rings. The zero-order valence-corrected chi connectivity index (χ0v) is 11.7. The average molecular weight is 297 g/mol. The van der Waals surface area contributed by atoms with Gasteiger partial charge in [-0.3, -0.25) is 14.3 Å². The summed E-state index contributed by atoms with van der Waals surface area (Å²) in [6.07, 6.45) is 0.738. The molecule has 0 unspecified atom stereocenters. The highest BCUT2D eigenvalue weighted by atomic mass is 19.3. The Morgan fingerprint density at radius 2 is 2.14 bits per heavy atom. The molecule has 0 aliphatic heterocycles. The van der Waals surface area contributed by atoms with Gasteiger partial charge in [0.15, 0.2) is 0 Å². The Kier molecular flexibility index (Phi) is 4.85. The molecule has 5 nitrogen and oxygen atoms in total. The van der Waals surface area contributed by atoms with E-state index >= 15 is 0 Å². The number of carboxylic acids is 1. The van der Waals surface area contributed by atoms with Crippen LogP contribution in [0, 0.1) is 0 Å². The molecule has 0 radical (unpaired) electrons. The highest BCUT2D eigenvalue weighted by molar-refractivity contribution is 5.76. The number of carbonyl (C=O) groups is 1. The van der Waals surface area contributed by atoms with Crippen molar-refractivity contribution >= 4 is 17.0 Å². The maximum atomic E-state index is 13.3. The van der Waals surface area contributed by atoms with Crippen LogP contribution in [-0.2, 0) is 11.3 Å². The number of para-hydroxylation sites is 2. The number of halogens is 2. The van der Waals surface area contributed by atoms with Crippen molar-refractivity contribution in [2.75, 3.05) is 13.1 Å².